The first-order valence-electron chi connectivity index (χ1n) is 18.3. The van der Waals surface area contributed by atoms with Gasteiger partial charge in [-0.2, -0.15) is 0 Å². The van der Waals surface area contributed by atoms with Crippen LogP contribution < -0.4 is 26.0 Å². The van der Waals surface area contributed by atoms with Gasteiger partial charge in [0.05, 0.1) is 22.3 Å². The number of nitrogens with one attached hydrogen (secondary N) is 4. The third-order valence-electron chi connectivity index (χ3n) is 8.58. The molecular formula is C46H38N4O11. The zero-order valence-electron chi connectivity index (χ0n) is 32.9. The Bertz CT molecular complexity index is 2580. The summed E-state index contributed by atoms with van der Waals surface area (Å²) < 4.78 is 16.0. The van der Waals surface area contributed by atoms with E-state index in [-0.39, 0.29) is 50.9 Å². The van der Waals surface area contributed by atoms with Gasteiger partial charge in [0.1, 0.15) is 11.5 Å². The Morgan fingerprint density at radius 2 is 0.967 bits per heavy atom. The van der Waals surface area contributed by atoms with E-state index in [1.54, 1.807) is 42.5 Å². The van der Waals surface area contributed by atoms with Crippen molar-refractivity contribution in [3.63, 3.8) is 0 Å². The number of ether oxygens (including phenoxy) is 3. The van der Waals surface area contributed by atoms with E-state index in [4.69, 9.17) is 14.2 Å². The molecule has 0 radical (unpaired) electrons. The van der Waals surface area contributed by atoms with Crippen molar-refractivity contribution in [2.45, 2.75) is 6.92 Å². The van der Waals surface area contributed by atoms with Crippen molar-refractivity contribution in [2.24, 2.45) is 0 Å². The molecule has 5 rings (SSSR count). The topological polar surface area (TPSA) is 212 Å². The number of carbonyl (C=O) groups excluding carboxylic acids is 8. The number of esters is 2. The Morgan fingerprint density at radius 1 is 0.508 bits per heavy atom. The number of anilines is 3. The number of hydrogen-bond acceptors (Lipinski definition) is 11. The fraction of sp³-hybridized carbons (Fsp3) is 0.0870. The van der Waals surface area contributed by atoms with E-state index in [1.807, 2.05) is 13.0 Å². The Morgan fingerprint density at radius 3 is 1.44 bits per heavy atom. The highest BCUT2D eigenvalue weighted by Gasteiger charge is 2.23. The molecule has 0 atom stereocenters. The molecule has 4 N–H and O–H groups in total. The molecule has 61 heavy (non-hydrogen) atoms. The lowest BCUT2D eigenvalue weighted by Gasteiger charge is -2.14. The average Bonchev–Trinajstić information content (AvgIpc) is 3.27. The third-order valence-corrected chi connectivity index (χ3v) is 8.58. The molecule has 0 aromatic heterocycles. The molecular weight excluding hydrogens is 785 g/mol. The minimum Gasteiger partial charge on any atom is -0.457 e. The van der Waals surface area contributed by atoms with Crippen molar-refractivity contribution in [2.75, 3.05) is 36.2 Å². The summed E-state index contributed by atoms with van der Waals surface area (Å²) >= 11 is 0. The van der Waals surface area contributed by atoms with E-state index >= 15 is 0 Å². The lowest BCUT2D eigenvalue weighted by Crippen LogP contribution is -2.22. The van der Waals surface area contributed by atoms with Gasteiger partial charge < -0.3 is 35.5 Å². The van der Waals surface area contributed by atoms with Crippen molar-refractivity contribution < 1.29 is 52.6 Å². The molecule has 308 valence electrons. The zero-order valence-corrected chi connectivity index (χ0v) is 32.9. The average molecular weight is 823 g/mol. The molecule has 0 saturated heterocycles. The van der Waals surface area contributed by atoms with Crippen molar-refractivity contribution in [3.8, 4) is 11.5 Å². The van der Waals surface area contributed by atoms with Crippen LogP contribution in [0.5, 0.6) is 11.5 Å². The van der Waals surface area contributed by atoms with Crippen molar-refractivity contribution in [3.05, 3.63) is 173 Å². The summed E-state index contributed by atoms with van der Waals surface area (Å²) in [6, 6.07) is 27.2. The monoisotopic (exact) mass is 822 g/mol. The Labute approximate surface area is 349 Å². The van der Waals surface area contributed by atoms with Gasteiger partial charge in [-0.1, -0.05) is 36.9 Å². The number of aryl methyl sites for hydroxylation is 1. The number of amides is 4. The maximum atomic E-state index is 13.8. The number of benzene rings is 5. The van der Waals surface area contributed by atoms with E-state index in [2.05, 4.69) is 34.4 Å². The Kier molecular flexibility index (Phi) is 14.5. The lowest BCUT2D eigenvalue weighted by atomic mass is 10.1. The number of hydrogen-bond donors (Lipinski definition) is 4. The molecule has 0 bridgehead atoms. The summed E-state index contributed by atoms with van der Waals surface area (Å²) in [7, 11) is 1.34. The molecule has 5 aromatic carbocycles. The summed E-state index contributed by atoms with van der Waals surface area (Å²) in [5.41, 5.74) is 1.93. The van der Waals surface area contributed by atoms with E-state index in [1.165, 1.54) is 67.7 Å². The van der Waals surface area contributed by atoms with Gasteiger partial charge in [-0.3, -0.25) is 28.8 Å². The minimum atomic E-state index is -1.01. The highest BCUT2D eigenvalue weighted by atomic mass is 16.5. The molecule has 5 aromatic rings. The number of ketones is 2. The fourth-order valence-electron chi connectivity index (χ4n) is 5.49. The lowest BCUT2D eigenvalue weighted by molar-refractivity contribution is -0.118. The minimum absolute atomic E-state index is 0.00695. The molecule has 0 aliphatic heterocycles. The van der Waals surface area contributed by atoms with Gasteiger partial charge in [0.15, 0.2) is 24.8 Å². The van der Waals surface area contributed by atoms with Gasteiger partial charge in [-0.15, -0.1) is 0 Å². The molecule has 0 aliphatic rings. The first-order chi connectivity index (χ1) is 29.3. The van der Waals surface area contributed by atoms with Crippen LogP contribution in [-0.4, -0.2) is 67.4 Å². The predicted octanol–water partition coefficient (Wildman–Crippen LogP) is 6.73. The van der Waals surface area contributed by atoms with E-state index in [0.29, 0.717) is 16.9 Å². The predicted molar refractivity (Wildman–Crippen MR) is 225 cm³/mol. The molecule has 15 heteroatoms. The summed E-state index contributed by atoms with van der Waals surface area (Å²) in [5, 5.41) is 10.6. The van der Waals surface area contributed by atoms with Crippen LogP contribution in [0.3, 0.4) is 0 Å². The zero-order chi connectivity index (χ0) is 44.1. The molecule has 0 heterocycles. The summed E-state index contributed by atoms with van der Waals surface area (Å²) in [6.45, 7) is 7.34. The van der Waals surface area contributed by atoms with Crippen LogP contribution in [-0.2, 0) is 19.1 Å². The molecule has 0 saturated carbocycles. The molecule has 0 spiro atoms. The Balaban J connectivity index is 1.34. The Hall–Kier alpha value is -8.46. The SMILES string of the molecule is C=CC(=O)COC(=O)c1ccc(Oc2ccc(C(=O)OCC(=O)C=C)c(C(=O)Nc3cccc(C(=O)Nc4ccc(NC(=O)c5cccc(C)c5)cc4)c3)c2)cc1C(=O)NC. The van der Waals surface area contributed by atoms with Crippen LogP contribution in [0.4, 0.5) is 17.1 Å². The van der Waals surface area contributed by atoms with Gasteiger partial charge in [0, 0.05) is 35.2 Å². The van der Waals surface area contributed by atoms with Gasteiger partial charge in [-0.05, 0) is 110 Å². The summed E-state index contributed by atoms with van der Waals surface area (Å²) in [5.74, 6) is -5.35. The van der Waals surface area contributed by atoms with Gasteiger partial charge >= 0.3 is 11.9 Å². The fourth-order valence-corrected chi connectivity index (χ4v) is 5.49. The van der Waals surface area contributed by atoms with Crippen LogP contribution in [0.1, 0.15) is 67.7 Å². The molecule has 15 nitrogen and oxygen atoms in total. The second-order valence-electron chi connectivity index (χ2n) is 13.0. The number of carbonyl (C=O) groups is 8. The van der Waals surface area contributed by atoms with E-state index in [0.717, 1.165) is 17.7 Å². The second kappa shape index (κ2) is 20.3. The normalized spacial score (nSPS) is 10.3. The molecule has 0 unspecified atom stereocenters. The number of rotatable bonds is 17. The van der Waals surface area contributed by atoms with Gasteiger partial charge in [0.25, 0.3) is 23.6 Å². The van der Waals surface area contributed by atoms with Gasteiger partial charge in [0.2, 0.25) is 0 Å². The maximum absolute atomic E-state index is 13.8. The van der Waals surface area contributed by atoms with Crippen LogP contribution in [0.15, 0.2) is 135 Å². The van der Waals surface area contributed by atoms with Crippen LogP contribution in [0, 0.1) is 6.92 Å². The van der Waals surface area contributed by atoms with Crippen molar-refractivity contribution >= 4 is 64.2 Å². The standard InChI is InChI=1S/C46H38N4O11/c1-5-33(51)25-59-45(57)37-19-17-35(23-39(37)43(55)47-4)61-36-18-20-38(46(58)60-26-34(52)6-2)40(24-36)44(56)50-32-12-8-11-29(22-32)42(54)49-31-15-13-30(14-16-31)48-41(53)28-10-7-9-27(3)21-28/h5-24H,1-2,25-26H2,3-4H3,(H,47,55)(H,48,53)(H,49,54)(H,50,56). The first kappa shape index (κ1) is 43.7. The quantitative estimate of drug-likeness (QED) is 0.0570. The van der Waals surface area contributed by atoms with Crippen LogP contribution in [0.2, 0.25) is 0 Å². The smallest absolute Gasteiger partial charge is 0.339 e. The summed E-state index contributed by atoms with van der Waals surface area (Å²) in [6.07, 6.45) is 1.96. The molecule has 4 amide bonds. The second-order valence-corrected chi connectivity index (χ2v) is 13.0. The summed E-state index contributed by atoms with van der Waals surface area (Å²) in [4.78, 5) is 102. The highest BCUT2D eigenvalue weighted by molar-refractivity contribution is 6.12. The third kappa shape index (κ3) is 11.8. The largest absolute Gasteiger partial charge is 0.457 e. The van der Waals surface area contributed by atoms with Crippen LogP contribution >= 0.6 is 0 Å². The van der Waals surface area contributed by atoms with E-state index < -0.39 is 54.4 Å². The van der Waals surface area contributed by atoms with Gasteiger partial charge in [-0.25, -0.2) is 9.59 Å². The van der Waals surface area contributed by atoms with Crippen molar-refractivity contribution in [1.29, 1.82) is 0 Å². The maximum Gasteiger partial charge on any atom is 0.339 e. The van der Waals surface area contributed by atoms with Crippen molar-refractivity contribution in [1.82, 2.24) is 5.32 Å². The highest BCUT2D eigenvalue weighted by Crippen LogP contribution is 2.28. The molecule has 0 aliphatic carbocycles. The molecule has 0 fully saturated rings. The first-order valence-corrected chi connectivity index (χ1v) is 18.3. The van der Waals surface area contributed by atoms with E-state index in [9.17, 15) is 38.4 Å². The van der Waals surface area contributed by atoms with Crippen LogP contribution in [0.25, 0.3) is 0 Å².